The minimum Gasteiger partial charge on any atom is -0.370 e. The molecule has 2 rings (SSSR count). The average molecular weight is 452 g/mol. The first-order valence-electron chi connectivity index (χ1n) is 7.49. The fourth-order valence-electron chi connectivity index (χ4n) is 2.33. The summed E-state index contributed by atoms with van der Waals surface area (Å²) in [6.07, 6.45) is 2.18. The number of carbonyl (C=O) groups excluding carboxylic acids is 1. The molecule has 1 saturated heterocycles. The highest BCUT2D eigenvalue weighted by atomic mass is 127. The van der Waals surface area contributed by atoms with Crippen molar-refractivity contribution in [3.8, 4) is 0 Å². The zero-order chi connectivity index (χ0) is 15.9. The highest BCUT2D eigenvalue weighted by molar-refractivity contribution is 14.0. The maximum Gasteiger partial charge on any atom is 0.251 e. The summed E-state index contributed by atoms with van der Waals surface area (Å²) in [5, 5.41) is 5.17. The van der Waals surface area contributed by atoms with Crippen molar-refractivity contribution in [2.45, 2.75) is 31.5 Å². The minimum absolute atomic E-state index is 0. The molecule has 1 amide bonds. The molecule has 1 aliphatic heterocycles. The number of carbonyl (C=O) groups is 1. The van der Waals surface area contributed by atoms with Crippen LogP contribution in [-0.4, -0.2) is 56.2 Å². The summed E-state index contributed by atoms with van der Waals surface area (Å²) in [6.45, 7) is 1.26. The van der Waals surface area contributed by atoms with Crippen LogP contribution in [0.5, 0.6) is 0 Å². The van der Waals surface area contributed by atoms with Gasteiger partial charge in [-0.2, -0.15) is 0 Å². The molecule has 2 unspecified atom stereocenters. The van der Waals surface area contributed by atoms with Crippen LogP contribution in [0.2, 0.25) is 0 Å². The second-order valence-electron chi connectivity index (χ2n) is 5.54. The SMILES string of the molecule is CN(C)C(=O)C1CCC(CN=C(N)NCCc2cccs2)O1.I. The first-order chi connectivity index (χ1) is 10.6. The number of guanidine groups is 1. The van der Waals surface area contributed by atoms with Gasteiger partial charge in [-0.15, -0.1) is 35.3 Å². The molecule has 1 fully saturated rings. The quantitative estimate of drug-likeness (QED) is 0.389. The summed E-state index contributed by atoms with van der Waals surface area (Å²) < 4.78 is 5.72. The van der Waals surface area contributed by atoms with Gasteiger partial charge < -0.3 is 20.7 Å². The highest BCUT2D eigenvalue weighted by Gasteiger charge is 2.31. The summed E-state index contributed by atoms with van der Waals surface area (Å²) in [7, 11) is 3.49. The predicted octanol–water partition coefficient (Wildman–Crippen LogP) is 1.45. The topological polar surface area (TPSA) is 80.0 Å². The van der Waals surface area contributed by atoms with Crippen LogP contribution in [0, 0.1) is 0 Å². The van der Waals surface area contributed by atoms with Gasteiger partial charge in [0.1, 0.15) is 6.10 Å². The number of halogens is 1. The number of aliphatic imine (C=N–C) groups is 1. The third-order valence-electron chi connectivity index (χ3n) is 3.55. The molecule has 0 radical (unpaired) electrons. The second kappa shape index (κ2) is 10.1. The van der Waals surface area contributed by atoms with Crippen molar-refractivity contribution in [2.75, 3.05) is 27.2 Å². The van der Waals surface area contributed by atoms with Crippen LogP contribution in [-0.2, 0) is 16.0 Å². The number of hydrogen-bond acceptors (Lipinski definition) is 4. The van der Waals surface area contributed by atoms with Crippen LogP contribution in [0.3, 0.4) is 0 Å². The van der Waals surface area contributed by atoms with Gasteiger partial charge in [0.15, 0.2) is 5.96 Å². The Balaban J connectivity index is 0.00000264. The molecule has 2 atom stereocenters. The minimum atomic E-state index is -0.330. The van der Waals surface area contributed by atoms with Gasteiger partial charge >= 0.3 is 0 Å². The molecule has 3 N–H and O–H groups in total. The molecule has 1 aromatic rings. The number of rotatable bonds is 6. The van der Waals surface area contributed by atoms with E-state index in [1.54, 1.807) is 30.3 Å². The van der Waals surface area contributed by atoms with Crippen LogP contribution in [0.25, 0.3) is 0 Å². The summed E-state index contributed by atoms with van der Waals surface area (Å²) >= 11 is 1.74. The zero-order valence-electron chi connectivity index (χ0n) is 13.5. The Kier molecular flexibility index (Phi) is 8.85. The van der Waals surface area contributed by atoms with Crippen molar-refractivity contribution in [3.05, 3.63) is 22.4 Å². The molecule has 0 aliphatic carbocycles. The van der Waals surface area contributed by atoms with E-state index in [0.29, 0.717) is 12.5 Å². The zero-order valence-corrected chi connectivity index (χ0v) is 16.7. The van der Waals surface area contributed by atoms with E-state index in [1.165, 1.54) is 4.88 Å². The van der Waals surface area contributed by atoms with Crippen LogP contribution < -0.4 is 11.1 Å². The molecule has 2 heterocycles. The molecule has 130 valence electrons. The maximum atomic E-state index is 11.8. The van der Waals surface area contributed by atoms with Crippen LogP contribution >= 0.6 is 35.3 Å². The van der Waals surface area contributed by atoms with E-state index >= 15 is 0 Å². The molecular formula is C15H25IN4O2S. The number of hydrogen-bond donors (Lipinski definition) is 2. The van der Waals surface area contributed by atoms with E-state index in [9.17, 15) is 4.79 Å². The van der Waals surface area contributed by atoms with Gasteiger partial charge in [0.2, 0.25) is 0 Å². The molecule has 6 nitrogen and oxygen atoms in total. The summed E-state index contributed by atoms with van der Waals surface area (Å²) in [6, 6.07) is 4.15. The number of nitrogens with one attached hydrogen (secondary N) is 1. The van der Waals surface area contributed by atoms with E-state index in [0.717, 1.165) is 25.8 Å². The van der Waals surface area contributed by atoms with Gasteiger partial charge in [0.25, 0.3) is 5.91 Å². The van der Waals surface area contributed by atoms with Gasteiger partial charge in [0, 0.05) is 25.5 Å². The fourth-order valence-corrected chi connectivity index (χ4v) is 3.04. The summed E-state index contributed by atoms with van der Waals surface area (Å²) in [4.78, 5) is 19.0. The Morgan fingerprint density at radius 2 is 2.30 bits per heavy atom. The predicted molar refractivity (Wildman–Crippen MR) is 105 cm³/mol. The van der Waals surface area contributed by atoms with Crippen molar-refractivity contribution < 1.29 is 9.53 Å². The number of thiophene rings is 1. The average Bonchev–Trinajstić information content (AvgIpc) is 3.15. The smallest absolute Gasteiger partial charge is 0.251 e. The lowest BCUT2D eigenvalue weighted by Gasteiger charge is -2.16. The Labute approximate surface area is 158 Å². The van der Waals surface area contributed by atoms with Crippen molar-refractivity contribution in [1.29, 1.82) is 0 Å². The molecule has 0 spiro atoms. The lowest BCUT2D eigenvalue weighted by atomic mass is 10.2. The van der Waals surface area contributed by atoms with Gasteiger partial charge in [-0.05, 0) is 30.7 Å². The van der Waals surface area contributed by atoms with Crippen molar-refractivity contribution in [2.24, 2.45) is 10.7 Å². The van der Waals surface area contributed by atoms with Crippen LogP contribution in [0.1, 0.15) is 17.7 Å². The molecule has 23 heavy (non-hydrogen) atoms. The maximum absolute atomic E-state index is 11.8. The van der Waals surface area contributed by atoms with Gasteiger partial charge in [0.05, 0.1) is 12.6 Å². The van der Waals surface area contributed by atoms with E-state index in [2.05, 4.69) is 21.8 Å². The second-order valence-corrected chi connectivity index (χ2v) is 6.57. The number of nitrogens with zero attached hydrogens (tertiary/aromatic N) is 2. The molecule has 0 saturated carbocycles. The Morgan fingerprint density at radius 3 is 2.96 bits per heavy atom. The third-order valence-corrected chi connectivity index (χ3v) is 4.48. The van der Waals surface area contributed by atoms with Gasteiger partial charge in [-0.1, -0.05) is 6.07 Å². The van der Waals surface area contributed by atoms with E-state index in [-0.39, 0.29) is 42.1 Å². The number of nitrogens with two attached hydrogens (primary N) is 1. The van der Waals surface area contributed by atoms with E-state index in [4.69, 9.17) is 10.5 Å². The Bertz CT molecular complexity index is 508. The molecular weight excluding hydrogens is 427 g/mol. The molecule has 1 aromatic heterocycles. The summed E-state index contributed by atoms with van der Waals surface area (Å²) in [5.74, 6) is 0.455. The molecule has 0 aromatic carbocycles. The molecule has 8 heteroatoms. The number of ether oxygens (including phenoxy) is 1. The number of likely N-dealkylation sites (N-methyl/N-ethyl adjacent to an activating group) is 1. The first-order valence-corrected chi connectivity index (χ1v) is 8.37. The van der Waals surface area contributed by atoms with Crippen molar-refractivity contribution in [1.82, 2.24) is 10.2 Å². The highest BCUT2D eigenvalue weighted by Crippen LogP contribution is 2.21. The lowest BCUT2D eigenvalue weighted by molar-refractivity contribution is -0.140. The Hall–Kier alpha value is -0.870. The third kappa shape index (κ3) is 6.64. The van der Waals surface area contributed by atoms with Crippen molar-refractivity contribution in [3.63, 3.8) is 0 Å². The van der Waals surface area contributed by atoms with E-state index in [1.807, 2.05) is 6.07 Å². The molecule has 1 aliphatic rings. The van der Waals surface area contributed by atoms with E-state index < -0.39 is 0 Å². The number of amides is 1. The van der Waals surface area contributed by atoms with Gasteiger partial charge in [-0.25, -0.2) is 0 Å². The van der Waals surface area contributed by atoms with Gasteiger partial charge in [-0.3, -0.25) is 9.79 Å². The lowest BCUT2D eigenvalue weighted by Crippen LogP contribution is -2.35. The Morgan fingerprint density at radius 1 is 1.52 bits per heavy atom. The fraction of sp³-hybridized carbons (Fsp3) is 0.600. The summed E-state index contributed by atoms with van der Waals surface area (Å²) in [5.41, 5.74) is 5.85. The normalized spacial score (nSPS) is 20.9. The molecule has 0 bridgehead atoms. The van der Waals surface area contributed by atoms with Crippen molar-refractivity contribution >= 4 is 47.2 Å². The standard InChI is InChI=1S/C15H24N4O2S.HI/c1-19(2)14(20)13-6-5-11(21-13)10-18-15(16)17-8-7-12-4-3-9-22-12;/h3-4,9,11,13H,5-8,10H2,1-2H3,(H3,16,17,18);1H. The van der Waals surface area contributed by atoms with Crippen LogP contribution in [0.4, 0.5) is 0 Å². The first kappa shape index (κ1) is 20.2. The monoisotopic (exact) mass is 452 g/mol. The largest absolute Gasteiger partial charge is 0.370 e. The van der Waals surface area contributed by atoms with Crippen LogP contribution in [0.15, 0.2) is 22.5 Å².